The molecule has 1 N–H and O–H groups in total. The van der Waals surface area contributed by atoms with Crippen LogP contribution in [0.5, 0.6) is 5.75 Å². The Labute approximate surface area is 140 Å². The first-order chi connectivity index (χ1) is 11.5. The predicted molar refractivity (Wildman–Crippen MR) is 89.7 cm³/mol. The number of rotatable bonds is 5. The Morgan fingerprint density at radius 3 is 2.62 bits per heavy atom. The standard InChI is InChI=1S/C18H17N3O3/c1-21(2)17(22)12-24-16-9-4-3-8-15(16)18(23)20-14-7-5-6-13(10-14)11-19/h3-10H,12H2,1-2H3,(H,20,23). The second-order valence-corrected chi connectivity index (χ2v) is 5.22. The van der Waals surface area contributed by atoms with Gasteiger partial charge < -0.3 is 15.0 Å². The largest absolute Gasteiger partial charge is 0.483 e. The van der Waals surface area contributed by atoms with Gasteiger partial charge in [0.25, 0.3) is 11.8 Å². The number of ether oxygens (including phenoxy) is 1. The van der Waals surface area contributed by atoms with Gasteiger partial charge in [-0.05, 0) is 30.3 Å². The Kier molecular flexibility index (Phi) is 5.53. The highest BCUT2D eigenvalue weighted by molar-refractivity contribution is 6.06. The summed E-state index contributed by atoms with van der Waals surface area (Å²) in [5, 5.41) is 11.6. The van der Waals surface area contributed by atoms with Crippen LogP contribution in [0.2, 0.25) is 0 Å². The Balaban J connectivity index is 2.14. The number of amides is 2. The second kappa shape index (κ2) is 7.79. The van der Waals surface area contributed by atoms with E-state index in [2.05, 4.69) is 5.32 Å². The van der Waals surface area contributed by atoms with Gasteiger partial charge in [-0.3, -0.25) is 9.59 Å². The third-order valence-electron chi connectivity index (χ3n) is 3.23. The van der Waals surface area contributed by atoms with Crippen molar-refractivity contribution in [1.29, 1.82) is 5.26 Å². The molecule has 24 heavy (non-hydrogen) atoms. The molecular weight excluding hydrogens is 306 g/mol. The summed E-state index contributed by atoms with van der Waals surface area (Å²) in [5.41, 5.74) is 1.28. The zero-order valence-electron chi connectivity index (χ0n) is 13.4. The normalized spacial score (nSPS) is 9.71. The van der Waals surface area contributed by atoms with Gasteiger partial charge in [0, 0.05) is 19.8 Å². The first kappa shape index (κ1) is 17.0. The minimum absolute atomic E-state index is 0.152. The number of hydrogen-bond acceptors (Lipinski definition) is 4. The predicted octanol–water partition coefficient (Wildman–Crippen LogP) is 2.28. The molecule has 0 heterocycles. The molecule has 0 aliphatic carbocycles. The van der Waals surface area contributed by atoms with Crippen molar-refractivity contribution in [3.63, 3.8) is 0 Å². The molecule has 6 heteroatoms. The third kappa shape index (κ3) is 4.34. The van der Waals surface area contributed by atoms with Crippen LogP contribution in [0, 0.1) is 11.3 Å². The third-order valence-corrected chi connectivity index (χ3v) is 3.23. The molecule has 0 saturated heterocycles. The van der Waals surface area contributed by atoms with E-state index in [4.69, 9.17) is 10.00 Å². The molecule has 0 aromatic heterocycles. The maximum Gasteiger partial charge on any atom is 0.259 e. The number of nitriles is 1. The fraction of sp³-hybridized carbons (Fsp3) is 0.167. The molecule has 0 radical (unpaired) electrons. The molecule has 0 aliphatic rings. The van der Waals surface area contributed by atoms with Crippen LogP contribution >= 0.6 is 0 Å². The van der Waals surface area contributed by atoms with Crippen molar-refractivity contribution in [1.82, 2.24) is 4.90 Å². The van der Waals surface area contributed by atoms with Gasteiger partial charge in [0.1, 0.15) is 5.75 Å². The van der Waals surface area contributed by atoms with Crippen molar-refractivity contribution < 1.29 is 14.3 Å². The average molecular weight is 323 g/mol. The number of hydrogen-bond donors (Lipinski definition) is 1. The lowest BCUT2D eigenvalue weighted by atomic mass is 10.1. The fourth-order valence-corrected chi connectivity index (χ4v) is 1.91. The van der Waals surface area contributed by atoms with Crippen LogP contribution in [0.3, 0.4) is 0 Å². The molecule has 2 aromatic rings. The van der Waals surface area contributed by atoms with Crippen molar-refractivity contribution in [2.24, 2.45) is 0 Å². The number of carbonyl (C=O) groups is 2. The van der Waals surface area contributed by atoms with Gasteiger partial charge in [-0.15, -0.1) is 0 Å². The lowest BCUT2D eigenvalue weighted by Crippen LogP contribution is -2.28. The van der Waals surface area contributed by atoms with E-state index in [1.165, 1.54) is 4.90 Å². The van der Waals surface area contributed by atoms with Gasteiger partial charge >= 0.3 is 0 Å². The Morgan fingerprint density at radius 1 is 1.17 bits per heavy atom. The van der Waals surface area contributed by atoms with Gasteiger partial charge in [-0.1, -0.05) is 18.2 Å². The highest BCUT2D eigenvalue weighted by atomic mass is 16.5. The first-order valence-electron chi connectivity index (χ1n) is 7.24. The number of likely N-dealkylation sites (N-methyl/N-ethyl adjacent to an activating group) is 1. The van der Waals surface area contributed by atoms with Crippen LogP contribution in [0.1, 0.15) is 15.9 Å². The SMILES string of the molecule is CN(C)C(=O)COc1ccccc1C(=O)Nc1cccc(C#N)c1. The van der Waals surface area contributed by atoms with E-state index in [0.717, 1.165) is 0 Å². The van der Waals surface area contributed by atoms with Crippen LogP contribution in [0.4, 0.5) is 5.69 Å². The summed E-state index contributed by atoms with van der Waals surface area (Å²) < 4.78 is 5.46. The van der Waals surface area contributed by atoms with Gasteiger partial charge in [0.2, 0.25) is 0 Å². The maximum absolute atomic E-state index is 12.4. The summed E-state index contributed by atoms with van der Waals surface area (Å²) in [7, 11) is 3.26. The van der Waals surface area contributed by atoms with Gasteiger partial charge in [-0.25, -0.2) is 0 Å². The van der Waals surface area contributed by atoms with Crippen molar-refractivity contribution in [2.45, 2.75) is 0 Å². The van der Waals surface area contributed by atoms with Gasteiger partial charge in [0.05, 0.1) is 17.2 Å². The molecule has 0 atom stereocenters. The molecule has 122 valence electrons. The summed E-state index contributed by atoms with van der Waals surface area (Å²) in [6, 6.07) is 15.3. The topological polar surface area (TPSA) is 82.4 Å². The van der Waals surface area contributed by atoms with E-state index in [0.29, 0.717) is 22.6 Å². The lowest BCUT2D eigenvalue weighted by Gasteiger charge is -2.14. The summed E-state index contributed by atoms with van der Waals surface area (Å²) in [5.74, 6) is -0.258. The van der Waals surface area contributed by atoms with Crippen molar-refractivity contribution in [3.05, 3.63) is 59.7 Å². The van der Waals surface area contributed by atoms with E-state index in [1.807, 2.05) is 6.07 Å². The number of carbonyl (C=O) groups excluding carboxylic acids is 2. The molecule has 0 spiro atoms. The van der Waals surface area contributed by atoms with Crippen LogP contribution in [0.15, 0.2) is 48.5 Å². The number of anilines is 1. The minimum Gasteiger partial charge on any atom is -0.483 e. The number of benzene rings is 2. The van der Waals surface area contributed by atoms with Crippen LogP contribution in [-0.4, -0.2) is 37.4 Å². The van der Waals surface area contributed by atoms with Crippen molar-refractivity contribution in [3.8, 4) is 11.8 Å². The van der Waals surface area contributed by atoms with E-state index in [1.54, 1.807) is 62.6 Å². The van der Waals surface area contributed by atoms with Crippen LogP contribution in [0.25, 0.3) is 0 Å². The molecule has 0 bridgehead atoms. The number of nitrogens with one attached hydrogen (secondary N) is 1. The Hall–Kier alpha value is -3.33. The quantitative estimate of drug-likeness (QED) is 0.915. The summed E-state index contributed by atoms with van der Waals surface area (Å²) >= 11 is 0. The Bertz CT molecular complexity index is 794. The zero-order chi connectivity index (χ0) is 17.5. The smallest absolute Gasteiger partial charge is 0.259 e. The maximum atomic E-state index is 12.4. The molecule has 2 rings (SSSR count). The van der Waals surface area contributed by atoms with Crippen molar-refractivity contribution >= 4 is 17.5 Å². The summed E-state index contributed by atoms with van der Waals surface area (Å²) in [4.78, 5) is 25.5. The summed E-state index contributed by atoms with van der Waals surface area (Å²) in [6.45, 7) is -0.152. The van der Waals surface area contributed by atoms with Crippen LogP contribution < -0.4 is 10.1 Å². The van der Waals surface area contributed by atoms with Gasteiger partial charge in [0.15, 0.2) is 6.61 Å². The molecule has 2 amide bonds. The minimum atomic E-state index is -0.377. The van der Waals surface area contributed by atoms with Crippen LogP contribution in [-0.2, 0) is 4.79 Å². The van der Waals surface area contributed by atoms with Crippen molar-refractivity contribution in [2.75, 3.05) is 26.0 Å². The highest BCUT2D eigenvalue weighted by Crippen LogP contribution is 2.20. The van der Waals surface area contributed by atoms with E-state index in [-0.39, 0.29) is 18.4 Å². The molecule has 0 aliphatic heterocycles. The molecule has 0 fully saturated rings. The number of nitrogens with zero attached hydrogens (tertiary/aromatic N) is 2. The van der Waals surface area contributed by atoms with E-state index in [9.17, 15) is 9.59 Å². The number of para-hydroxylation sites is 1. The molecule has 2 aromatic carbocycles. The zero-order valence-corrected chi connectivity index (χ0v) is 13.4. The lowest BCUT2D eigenvalue weighted by molar-refractivity contribution is -0.130. The highest BCUT2D eigenvalue weighted by Gasteiger charge is 2.14. The Morgan fingerprint density at radius 2 is 1.92 bits per heavy atom. The molecular formula is C18H17N3O3. The van der Waals surface area contributed by atoms with E-state index >= 15 is 0 Å². The monoisotopic (exact) mass is 323 g/mol. The molecule has 6 nitrogen and oxygen atoms in total. The fourth-order valence-electron chi connectivity index (χ4n) is 1.91. The average Bonchev–Trinajstić information content (AvgIpc) is 2.59. The summed E-state index contributed by atoms with van der Waals surface area (Å²) in [6.07, 6.45) is 0. The van der Waals surface area contributed by atoms with E-state index < -0.39 is 0 Å². The second-order valence-electron chi connectivity index (χ2n) is 5.22. The first-order valence-corrected chi connectivity index (χ1v) is 7.24. The molecule has 0 unspecified atom stereocenters. The van der Waals surface area contributed by atoms with Gasteiger partial charge in [-0.2, -0.15) is 5.26 Å². The molecule has 0 saturated carbocycles.